The highest BCUT2D eigenvalue weighted by Gasteiger charge is 2.33. The molecule has 1 aliphatic rings. The van der Waals surface area contributed by atoms with Crippen LogP contribution in [0.2, 0.25) is 0 Å². The van der Waals surface area contributed by atoms with E-state index in [-0.39, 0.29) is 17.0 Å². The molecule has 1 saturated heterocycles. The van der Waals surface area contributed by atoms with Crippen LogP contribution in [-0.2, 0) is 0 Å². The third kappa shape index (κ3) is 2.02. The summed E-state index contributed by atoms with van der Waals surface area (Å²) < 4.78 is 0. The van der Waals surface area contributed by atoms with Crippen molar-refractivity contribution in [2.24, 2.45) is 0 Å². The quantitative estimate of drug-likeness (QED) is 0.626. The fraction of sp³-hybridized carbons (Fsp3) is 0.545. The highest BCUT2D eigenvalue weighted by molar-refractivity contribution is 5.58. The Morgan fingerprint density at radius 3 is 2.71 bits per heavy atom. The number of nitrogens with two attached hydrogens (primary N) is 1. The van der Waals surface area contributed by atoms with Gasteiger partial charge in [0.1, 0.15) is 5.82 Å². The predicted molar refractivity (Wildman–Crippen MR) is 66.0 cm³/mol. The molecule has 0 saturated carbocycles. The van der Waals surface area contributed by atoms with E-state index in [2.05, 4.69) is 23.7 Å². The van der Waals surface area contributed by atoms with Gasteiger partial charge in [-0.2, -0.15) is 0 Å². The SMILES string of the molecule is CC1(C)CCCN1c1ccc([N+](=O)[O-])c(N)n1. The molecule has 0 spiro atoms. The van der Waals surface area contributed by atoms with E-state index in [1.54, 1.807) is 6.07 Å². The van der Waals surface area contributed by atoms with Gasteiger partial charge in [0.15, 0.2) is 0 Å². The van der Waals surface area contributed by atoms with Crippen LogP contribution >= 0.6 is 0 Å². The van der Waals surface area contributed by atoms with E-state index in [4.69, 9.17) is 5.73 Å². The topological polar surface area (TPSA) is 85.3 Å². The average Bonchev–Trinajstić information content (AvgIpc) is 2.57. The summed E-state index contributed by atoms with van der Waals surface area (Å²) >= 11 is 0. The molecule has 1 aliphatic heterocycles. The van der Waals surface area contributed by atoms with Crippen LogP contribution in [0.4, 0.5) is 17.3 Å². The van der Waals surface area contributed by atoms with Gasteiger partial charge in [-0.05, 0) is 32.8 Å². The maximum atomic E-state index is 10.7. The van der Waals surface area contributed by atoms with Gasteiger partial charge in [-0.25, -0.2) is 4.98 Å². The summed E-state index contributed by atoms with van der Waals surface area (Å²) in [7, 11) is 0. The van der Waals surface area contributed by atoms with Crippen molar-refractivity contribution in [3.63, 3.8) is 0 Å². The molecule has 1 aromatic heterocycles. The Morgan fingerprint density at radius 1 is 1.53 bits per heavy atom. The molecule has 0 aliphatic carbocycles. The molecule has 1 aromatic rings. The Labute approximate surface area is 99.6 Å². The van der Waals surface area contributed by atoms with Gasteiger partial charge in [-0.1, -0.05) is 0 Å². The number of nitrogen functional groups attached to an aromatic ring is 1. The van der Waals surface area contributed by atoms with Gasteiger partial charge in [0, 0.05) is 18.2 Å². The summed E-state index contributed by atoms with van der Waals surface area (Å²) in [6, 6.07) is 3.09. The summed E-state index contributed by atoms with van der Waals surface area (Å²) in [4.78, 5) is 16.4. The third-order valence-electron chi connectivity index (χ3n) is 3.26. The lowest BCUT2D eigenvalue weighted by molar-refractivity contribution is -0.384. The molecule has 0 bridgehead atoms. The maximum absolute atomic E-state index is 10.7. The highest BCUT2D eigenvalue weighted by atomic mass is 16.6. The van der Waals surface area contributed by atoms with E-state index in [1.165, 1.54) is 6.07 Å². The summed E-state index contributed by atoms with van der Waals surface area (Å²) in [6.45, 7) is 5.19. The standard InChI is InChI=1S/C11H16N4O2/c1-11(2)6-3-7-14(11)9-5-4-8(15(16)17)10(12)13-9/h4-5H,3,6-7H2,1-2H3,(H2,12,13). The van der Waals surface area contributed by atoms with E-state index in [9.17, 15) is 10.1 Å². The molecule has 17 heavy (non-hydrogen) atoms. The van der Waals surface area contributed by atoms with Crippen molar-refractivity contribution in [3.05, 3.63) is 22.2 Å². The monoisotopic (exact) mass is 236 g/mol. The lowest BCUT2D eigenvalue weighted by atomic mass is 10.0. The molecule has 6 heteroatoms. The molecular formula is C11H16N4O2. The number of nitro groups is 1. The number of hydrogen-bond donors (Lipinski definition) is 1. The zero-order valence-corrected chi connectivity index (χ0v) is 10.0. The number of anilines is 2. The van der Waals surface area contributed by atoms with Crippen LogP contribution in [0.15, 0.2) is 12.1 Å². The van der Waals surface area contributed by atoms with E-state index in [0.717, 1.165) is 25.2 Å². The van der Waals surface area contributed by atoms with Gasteiger partial charge in [0.25, 0.3) is 0 Å². The number of aromatic nitrogens is 1. The lowest BCUT2D eigenvalue weighted by Gasteiger charge is -2.32. The average molecular weight is 236 g/mol. The minimum atomic E-state index is -0.513. The van der Waals surface area contributed by atoms with Gasteiger partial charge in [0.05, 0.1) is 4.92 Å². The first-order valence-corrected chi connectivity index (χ1v) is 5.60. The summed E-state index contributed by atoms with van der Waals surface area (Å²) in [5.74, 6) is 0.700. The molecule has 1 fully saturated rings. The summed E-state index contributed by atoms with van der Waals surface area (Å²) in [6.07, 6.45) is 2.19. The normalized spacial score (nSPS) is 18.4. The zero-order chi connectivity index (χ0) is 12.6. The van der Waals surface area contributed by atoms with Crippen molar-refractivity contribution < 1.29 is 4.92 Å². The third-order valence-corrected chi connectivity index (χ3v) is 3.26. The number of rotatable bonds is 2. The Balaban J connectivity index is 2.35. The van der Waals surface area contributed by atoms with Crippen LogP contribution in [0.5, 0.6) is 0 Å². The minimum absolute atomic E-state index is 0.0183. The van der Waals surface area contributed by atoms with Crippen molar-refractivity contribution in [1.29, 1.82) is 0 Å². The Kier molecular flexibility index (Phi) is 2.65. The number of hydrogen-bond acceptors (Lipinski definition) is 5. The molecule has 0 unspecified atom stereocenters. The molecular weight excluding hydrogens is 220 g/mol. The fourth-order valence-electron chi connectivity index (χ4n) is 2.29. The molecule has 0 atom stereocenters. The Hall–Kier alpha value is -1.85. The van der Waals surface area contributed by atoms with Crippen molar-refractivity contribution in [1.82, 2.24) is 4.98 Å². The Bertz CT molecular complexity index is 459. The first kappa shape index (κ1) is 11.6. The lowest BCUT2D eigenvalue weighted by Crippen LogP contribution is -2.38. The number of pyridine rings is 1. The number of nitrogens with zero attached hydrogens (tertiary/aromatic N) is 3. The molecule has 0 amide bonds. The van der Waals surface area contributed by atoms with Crippen molar-refractivity contribution >= 4 is 17.3 Å². The van der Waals surface area contributed by atoms with Crippen LogP contribution in [0.3, 0.4) is 0 Å². The van der Waals surface area contributed by atoms with Crippen molar-refractivity contribution in [3.8, 4) is 0 Å². The van der Waals surface area contributed by atoms with Gasteiger partial charge in [0.2, 0.25) is 5.82 Å². The first-order chi connectivity index (χ1) is 7.92. The van der Waals surface area contributed by atoms with E-state index >= 15 is 0 Å². The van der Waals surface area contributed by atoms with E-state index in [0.29, 0.717) is 0 Å². The molecule has 2 heterocycles. The van der Waals surface area contributed by atoms with Crippen molar-refractivity contribution in [2.45, 2.75) is 32.2 Å². The molecule has 0 aromatic carbocycles. The van der Waals surface area contributed by atoms with Crippen LogP contribution in [0.1, 0.15) is 26.7 Å². The van der Waals surface area contributed by atoms with Crippen LogP contribution in [0, 0.1) is 10.1 Å². The van der Waals surface area contributed by atoms with Gasteiger partial charge in [-0.15, -0.1) is 0 Å². The highest BCUT2D eigenvalue weighted by Crippen LogP contribution is 2.34. The maximum Gasteiger partial charge on any atom is 0.311 e. The Morgan fingerprint density at radius 2 is 2.24 bits per heavy atom. The second-order valence-corrected chi connectivity index (χ2v) is 4.90. The molecule has 6 nitrogen and oxygen atoms in total. The van der Waals surface area contributed by atoms with Crippen LogP contribution in [0.25, 0.3) is 0 Å². The van der Waals surface area contributed by atoms with Gasteiger partial charge in [-0.3, -0.25) is 10.1 Å². The summed E-state index contributed by atoms with van der Waals surface area (Å²) in [5.41, 5.74) is 5.50. The molecule has 2 rings (SSSR count). The van der Waals surface area contributed by atoms with Crippen molar-refractivity contribution in [2.75, 3.05) is 17.2 Å². The fourth-order valence-corrected chi connectivity index (χ4v) is 2.29. The molecule has 0 radical (unpaired) electrons. The van der Waals surface area contributed by atoms with Gasteiger partial charge < -0.3 is 10.6 Å². The molecule has 2 N–H and O–H groups in total. The van der Waals surface area contributed by atoms with Gasteiger partial charge >= 0.3 is 5.69 Å². The van der Waals surface area contributed by atoms with Crippen LogP contribution < -0.4 is 10.6 Å². The zero-order valence-electron chi connectivity index (χ0n) is 10.0. The largest absolute Gasteiger partial charge is 0.378 e. The van der Waals surface area contributed by atoms with E-state index < -0.39 is 4.92 Å². The first-order valence-electron chi connectivity index (χ1n) is 5.60. The molecule has 92 valence electrons. The second kappa shape index (κ2) is 3.87. The minimum Gasteiger partial charge on any atom is -0.378 e. The van der Waals surface area contributed by atoms with E-state index in [1.807, 2.05) is 0 Å². The van der Waals surface area contributed by atoms with Crippen LogP contribution in [-0.4, -0.2) is 22.0 Å². The summed E-state index contributed by atoms with van der Waals surface area (Å²) in [5, 5.41) is 10.7. The second-order valence-electron chi connectivity index (χ2n) is 4.90. The smallest absolute Gasteiger partial charge is 0.311 e. The predicted octanol–water partition coefficient (Wildman–Crippen LogP) is 1.95.